The highest BCUT2D eigenvalue weighted by atomic mass is 16.2. The van der Waals surface area contributed by atoms with Crippen molar-refractivity contribution in [2.24, 2.45) is 0 Å². The van der Waals surface area contributed by atoms with Crippen LogP contribution in [0.15, 0.2) is 24.3 Å². The minimum absolute atomic E-state index is 0.0166. The van der Waals surface area contributed by atoms with Gasteiger partial charge in [0.2, 0.25) is 5.91 Å². The van der Waals surface area contributed by atoms with Gasteiger partial charge in [-0.15, -0.1) is 0 Å². The number of carbonyl (C=O) groups excluding carboxylic acids is 1. The number of nitrogens with zero attached hydrogens (tertiary/aromatic N) is 3. The van der Waals surface area contributed by atoms with E-state index in [1.165, 1.54) is 0 Å². The SMILES string of the molecule is CC(CC#N)N(C)CC(=O)N(C)c1ccc(N)cc1. The molecule has 0 saturated heterocycles. The summed E-state index contributed by atoms with van der Waals surface area (Å²) in [7, 11) is 3.58. The molecule has 1 aromatic rings. The monoisotopic (exact) mass is 260 g/mol. The summed E-state index contributed by atoms with van der Waals surface area (Å²) in [6.07, 6.45) is 0.412. The standard InChI is InChI=1S/C14H20N4O/c1-11(8-9-15)17(2)10-14(19)18(3)13-6-4-12(16)5-7-13/h4-7,11H,8,10,16H2,1-3H3. The molecular weight excluding hydrogens is 240 g/mol. The van der Waals surface area contributed by atoms with Crippen LogP contribution < -0.4 is 10.6 Å². The first kappa shape index (κ1) is 15.0. The molecule has 102 valence electrons. The molecule has 19 heavy (non-hydrogen) atoms. The fraction of sp³-hybridized carbons (Fsp3) is 0.429. The number of rotatable bonds is 5. The van der Waals surface area contributed by atoms with Crippen LogP contribution in [-0.2, 0) is 4.79 Å². The fourth-order valence-corrected chi connectivity index (χ4v) is 1.61. The lowest BCUT2D eigenvalue weighted by atomic mass is 10.2. The number of nitrogens with two attached hydrogens (primary N) is 1. The van der Waals surface area contributed by atoms with Crippen LogP contribution in [0.1, 0.15) is 13.3 Å². The predicted octanol–water partition coefficient (Wildman–Crippen LogP) is 1.47. The van der Waals surface area contributed by atoms with Crippen LogP contribution in [0.2, 0.25) is 0 Å². The van der Waals surface area contributed by atoms with Gasteiger partial charge < -0.3 is 10.6 Å². The molecule has 5 nitrogen and oxygen atoms in total. The van der Waals surface area contributed by atoms with Crippen LogP contribution in [0.5, 0.6) is 0 Å². The van der Waals surface area contributed by atoms with Crippen LogP contribution in [-0.4, -0.2) is 37.5 Å². The topological polar surface area (TPSA) is 73.4 Å². The van der Waals surface area contributed by atoms with Crippen LogP contribution in [0.3, 0.4) is 0 Å². The third kappa shape index (κ3) is 4.27. The van der Waals surface area contributed by atoms with Gasteiger partial charge in [0.25, 0.3) is 0 Å². The number of likely N-dealkylation sites (N-methyl/N-ethyl adjacent to an activating group) is 2. The summed E-state index contributed by atoms with van der Waals surface area (Å²) in [5.41, 5.74) is 7.09. The van der Waals surface area contributed by atoms with Crippen molar-refractivity contribution in [3.8, 4) is 6.07 Å². The molecule has 1 unspecified atom stereocenters. The number of hydrogen-bond donors (Lipinski definition) is 1. The summed E-state index contributed by atoms with van der Waals surface area (Å²) in [6, 6.07) is 9.32. The first-order valence-electron chi connectivity index (χ1n) is 6.15. The zero-order chi connectivity index (χ0) is 14.4. The van der Waals surface area contributed by atoms with E-state index in [0.717, 1.165) is 5.69 Å². The van der Waals surface area contributed by atoms with Crippen molar-refractivity contribution in [1.82, 2.24) is 4.90 Å². The molecule has 0 aliphatic heterocycles. The smallest absolute Gasteiger partial charge is 0.240 e. The molecule has 0 fully saturated rings. The molecule has 0 aromatic heterocycles. The molecule has 0 radical (unpaired) electrons. The van der Waals surface area contributed by atoms with E-state index in [1.807, 2.05) is 31.0 Å². The van der Waals surface area contributed by atoms with Crippen molar-refractivity contribution >= 4 is 17.3 Å². The number of carbonyl (C=O) groups is 1. The van der Waals surface area contributed by atoms with Crippen LogP contribution in [0.25, 0.3) is 0 Å². The predicted molar refractivity (Wildman–Crippen MR) is 76.6 cm³/mol. The second-order valence-electron chi connectivity index (χ2n) is 4.67. The van der Waals surface area contributed by atoms with Gasteiger partial charge in [-0.05, 0) is 38.2 Å². The Kier molecular flexibility index (Phi) is 5.34. The zero-order valence-electron chi connectivity index (χ0n) is 11.6. The molecule has 0 heterocycles. The van der Waals surface area contributed by atoms with Crippen LogP contribution in [0, 0.1) is 11.3 Å². The fourth-order valence-electron chi connectivity index (χ4n) is 1.61. The normalized spacial score (nSPS) is 11.9. The first-order chi connectivity index (χ1) is 8.95. The average Bonchev–Trinajstić information content (AvgIpc) is 2.38. The number of benzene rings is 1. The summed E-state index contributed by atoms with van der Waals surface area (Å²) in [6.45, 7) is 2.21. The first-order valence-corrected chi connectivity index (χ1v) is 6.15. The molecule has 1 amide bonds. The van der Waals surface area contributed by atoms with Gasteiger partial charge in [-0.25, -0.2) is 0 Å². The second kappa shape index (κ2) is 6.76. The van der Waals surface area contributed by atoms with Crippen molar-refractivity contribution in [3.05, 3.63) is 24.3 Å². The van der Waals surface area contributed by atoms with E-state index in [4.69, 9.17) is 11.0 Å². The van der Waals surface area contributed by atoms with Gasteiger partial charge in [0.1, 0.15) is 0 Å². The number of hydrogen-bond acceptors (Lipinski definition) is 4. The summed E-state index contributed by atoms with van der Waals surface area (Å²) < 4.78 is 0. The Labute approximate surface area is 114 Å². The minimum atomic E-state index is -0.0166. The maximum atomic E-state index is 12.1. The molecule has 1 rings (SSSR count). The van der Waals surface area contributed by atoms with E-state index in [9.17, 15) is 4.79 Å². The minimum Gasteiger partial charge on any atom is -0.399 e. The van der Waals surface area contributed by atoms with E-state index in [-0.39, 0.29) is 18.5 Å². The Morgan fingerprint density at radius 3 is 2.47 bits per heavy atom. The lowest BCUT2D eigenvalue weighted by Gasteiger charge is -2.25. The molecule has 0 bridgehead atoms. The Hall–Kier alpha value is -2.06. The molecule has 5 heteroatoms. The van der Waals surface area contributed by atoms with E-state index < -0.39 is 0 Å². The third-order valence-electron chi connectivity index (χ3n) is 3.18. The molecule has 0 aliphatic carbocycles. The number of nitriles is 1. The summed E-state index contributed by atoms with van der Waals surface area (Å²) in [5.74, 6) is -0.0166. The van der Waals surface area contributed by atoms with E-state index in [1.54, 1.807) is 24.1 Å². The maximum Gasteiger partial charge on any atom is 0.240 e. The Morgan fingerprint density at radius 2 is 1.95 bits per heavy atom. The Bertz CT molecular complexity index is 463. The van der Waals surface area contributed by atoms with Gasteiger partial charge in [0.05, 0.1) is 19.0 Å². The van der Waals surface area contributed by atoms with Crippen molar-refractivity contribution in [3.63, 3.8) is 0 Å². The van der Waals surface area contributed by atoms with Crippen molar-refractivity contribution < 1.29 is 4.79 Å². The molecule has 1 atom stereocenters. The van der Waals surface area contributed by atoms with Crippen molar-refractivity contribution in [2.45, 2.75) is 19.4 Å². The lowest BCUT2D eigenvalue weighted by molar-refractivity contribution is -0.119. The average molecular weight is 260 g/mol. The van der Waals surface area contributed by atoms with Gasteiger partial charge in [-0.3, -0.25) is 9.69 Å². The van der Waals surface area contributed by atoms with E-state index in [0.29, 0.717) is 12.1 Å². The summed E-state index contributed by atoms with van der Waals surface area (Å²) in [4.78, 5) is 15.6. The molecule has 1 aromatic carbocycles. The van der Waals surface area contributed by atoms with Gasteiger partial charge in [0, 0.05) is 24.5 Å². The van der Waals surface area contributed by atoms with Gasteiger partial charge in [-0.2, -0.15) is 5.26 Å². The van der Waals surface area contributed by atoms with Gasteiger partial charge >= 0.3 is 0 Å². The van der Waals surface area contributed by atoms with E-state index in [2.05, 4.69) is 6.07 Å². The summed E-state index contributed by atoms with van der Waals surface area (Å²) >= 11 is 0. The number of nitrogen functional groups attached to an aromatic ring is 1. The molecule has 0 spiro atoms. The summed E-state index contributed by atoms with van der Waals surface area (Å²) in [5, 5.41) is 8.65. The lowest BCUT2D eigenvalue weighted by Crippen LogP contribution is -2.40. The van der Waals surface area contributed by atoms with Gasteiger partial charge in [-0.1, -0.05) is 0 Å². The second-order valence-corrected chi connectivity index (χ2v) is 4.67. The number of anilines is 2. The van der Waals surface area contributed by atoms with E-state index >= 15 is 0 Å². The van der Waals surface area contributed by atoms with Crippen LogP contribution in [0.4, 0.5) is 11.4 Å². The molecule has 2 N–H and O–H groups in total. The van der Waals surface area contributed by atoms with Gasteiger partial charge in [0.15, 0.2) is 0 Å². The largest absolute Gasteiger partial charge is 0.399 e. The highest BCUT2D eigenvalue weighted by molar-refractivity contribution is 5.94. The number of amides is 1. The highest BCUT2D eigenvalue weighted by Gasteiger charge is 2.16. The highest BCUT2D eigenvalue weighted by Crippen LogP contribution is 2.15. The Morgan fingerprint density at radius 1 is 1.37 bits per heavy atom. The van der Waals surface area contributed by atoms with Crippen molar-refractivity contribution in [1.29, 1.82) is 5.26 Å². The quantitative estimate of drug-likeness (QED) is 0.813. The third-order valence-corrected chi connectivity index (χ3v) is 3.18. The van der Waals surface area contributed by atoms with Crippen LogP contribution >= 0.6 is 0 Å². The maximum absolute atomic E-state index is 12.1. The van der Waals surface area contributed by atoms with Crippen molar-refractivity contribution in [2.75, 3.05) is 31.3 Å². The Balaban J connectivity index is 2.63. The molecule has 0 aliphatic rings. The molecular formula is C14H20N4O. The molecule has 0 saturated carbocycles. The zero-order valence-corrected chi connectivity index (χ0v) is 11.6.